The van der Waals surface area contributed by atoms with Gasteiger partial charge in [-0.05, 0) is 50.1 Å². The summed E-state index contributed by atoms with van der Waals surface area (Å²) in [4.78, 5) is 27.2. The van der Waals surface area contributed by atoms with Gasteiger partial charge in [0.2, 0.25) is 11.8 Å². The van der Waals surface area contributed by atoms with Crippen LogP contribution in [0.1, 0.15) is 17.7 Å². The number of likely N-dealkylation sites (N-methyl/N-ethyl adjacent to an activating group) is 1. The van der Waals surface area contributed by atoms with Gasteiger partial charge in [0.05, 0.1) is 12.5 Å². The summed E-state index contributed by atoms with van der Waals surface area (Å²) >= 11 is 1.21. The maximum absolute atomic E-state index is 13.2. The molecule has 1 N–H and O–H groups in total. The van der Waals surface area contributed by atoms with Gasteiger partial charge in [-0.3, -0.25) is 9.59 Å². The van der Waals surface area contributed by atoms with Crippen LogP contribution in [0.3, 0.4) is 0 Å². The largest absolute Gasteiger partial charge is 0.336 e. The molecule has 0 aliphatic carbocycles. The molecule has 0 radical (unpaired) electrons. The second-order valence-electron chi connectivity index (χ2n) is 7.32. The number of nitrogens with zero attached hydrogens (tertiary/aromatic N) is 2. The Bertz CT molecular complexity index is 1040. The molecule has 2 amide bonds. The molecule has 162 valence electrons. The van der Waals surface area contributed by atoms with Crippen LogP contribution in [0.15, 0.2) is 40.6 Å². The number of thiophene rings is 1. The number of aryl methyl sites for hydroxylation is 1. The fourth-order valence-corrected chi connectivity index (χ4v) is 6.37. The van der Waals surface area contributed by atoms with Crippen molar-refractivity contribution in [3.8, 4) is 0 Å². The van der Waals surface area contributed by atoms with E-state index >= 15 is 0 Å². The van der Waals surface area contributed by atoms with E-state index in [2.05, 4.69) is 5.32 Å². The molecule has 1 aromatic carbocycles. The number of sulfonamides is 1. The molecule has 30 heavy (non-hydrogen) atoms. The van der Waals surface area contributed by atoms with Crippen LogP contribution in [0.4, 0.5) is 10.1 Å². The highest BCUT2D eigenvalue weighted by atomic mass is 32.2. The van der Waals surface area contributed by atoms with Crippen LogP contribution < -0.4 is 5.32 Å². The molecule has 7 nitrogen and oxygen atoms in total. The quantitative estimate of drug-likeness (QED) is 0.729. The van der Waals surface area contributed by atoms with E-state index in [1.807, 2.05) is 6.92 Å². The first-order valence-corrected chi connectivity index (χ1v) is 11.8. The zero-order chi connectivity index (χ0) is 21.9. The van der Waals surface area contributed by atoms with Crippen LogP contribution in [0.5, 0.6) is 0 Å². The number of amides is 2. The summed E-state index contributed by atoms with van der Waals surface area (Å²) in [7, 11) is -2.13. The molecule has 0 spiro atoms. The van der Waals surface area contributed by atoms with Gasteiger partial charge in [0.15, 0.2) is 0 Å². The van der Waals surface area contributed by atoms with Crippen molar-refractivity contribution in [1.29, 1.82) is 0 Å². The van der Waals surface area contributed by atoms with Crippen molar-refractivity contribution in [2.24, 2.45) is 5.92 Å². The van der Waals surface area contributed by atoms with Crippen LogP contribution in [0.2, 0.25) is 0 Å². The molecule has 2 aromatic rings. The van der Waals surface area contributed by atoms with Crippen LogP contribution in [0.25, 0.3) is 0 Å². The van der Waals surface area contributed by atoms with Gasteiger partial charge in [0.1, 0.15) is 10.0 Å². The maximum atomic E-state index is 13.2. The lowest BCUT2D eigenvalue weighted by molar-refractivity contribution is -0.138. The highest BCUT2D eigenvalue weighted by Gasteiger charge is 2.35. The Balaban J connectivity index is 1.60. The molecule has 1 aliphatic heterocycles. The van der Waals surface area contributed by atoms with Gasteiger partial charge in [0.25, 0.3) is 10.0 Å². The molecule has 1 aliphatic rings. The third-order valence-electron chi connectivity index (χ3n) is 4.91. The molecule has 3 rings (SSSR count). The van der Waals surface area contributed by atoms with E-state index in [-0.39, 0.29) is 23.2 Å². The molecule has 2 heterocycles. The lowest BCUT2D eigenvalue weighted by Crippen LogP contribution is -2.47. The van der Waals surface area contributed by atoms with Crippen molar-refractivity contribution >= 4 is 38.9 Å². The van der Waals surface area contributed by atoms with Gasteiger partial charge in [-0.1, -0.05) is 6.07 Å². The van der Waals surface area contributed by atoms with Crippen LogP contribution in [0, 0.1) is 18.7 Å². The van der Waals surface area contributed by atoms with Gasteiger partial charge in [0, 0.05) is 30.7 Å². The fourth-order valence-electron chi connectivity index (χ4n) is 3.41. The van der Waals surface area contributed by atoms with Gasteiger partial charge in [-0.2, -0.15) is 4.31 Å². The SMILES string of the molecule is Cc1ccc(S(=O)(=O)N2CCCC(C(=O)N(C)CC(=O)Nc3cccc(F)c3)C2)s1. The molecule has 1 saturated heterocycles. The van der Waals surface area contributed by atoms with E-state index in [0.717, 1.165) is 4.88 Å². The Labute approximate surface area is 179 Å². The molecular weight excluding hydrogens is 429 g/mol. The summed E-state index contributed by atoms with van der Waals surface area (Å²) in [5.41, 5.74) is 0.307. The third-order valence-corrected chi connectivity index (χ3v) is 8.24. The Morgan fingerprint density at radius 2 is 2.07 bits per heavy atom. The van der Waals surface area contributed by atoms with Gasteiger partial charge in [-0.25, -0.2) is 12.8 Å². The summed E-state index contributed by atoms with van der Waals surface area (Å²) in [5, 5.41) is 2.55. The molecule has 0 bridgehead atoms. The Kier molecular flexibility index (Phi) is 6.89. The molecular formula is C20H24FN3O4S2. The van der Waals surface area contributed by atoms with Gasteiger partial charge >= 0.3 is 0 Å². The summed E-state index contributed by atoms with van der Waals surface area (Å²) < 4.78 is 40.6. The highest BCUT2D eigenvalue weighted by molar-refractivity contribution is 7.91. The van der Waals surface area contributed by atoms with Crippen molar-refractivity contribution in [3.63, 3.8) is 0 Å². The predicted octanol–water partition coefficient (Wildman–Crippen LogP) is 2.69. The first-order chi connectivity index (χ1) is 14.2. The van der Waals surface area contributed by atoms with E-state index in [9.17, 15) is 22.4 Å². The van der Waals surface area contributed by atoms with Crippen LogP contribution in [-0.4, -0.2) is 56.1 Å². The molecule has 1 atom stereocenters. The average molecular weight is 454 g/mol. The Morgan fingerprint density at radius 1 is 1.30 bits per heavy atom. The summed E-state index contributed by atoms with van der Waals surface area (Å²) in [5.74, 6) is -1.72. The van der Waals surface area contributed by atoms with E-state index in [0.29, 0.717) is 25.1 Å². The molecule has 1 unspecified atom stereocenters. The molecule has 1 fully saturated rings. The lowest BCUT2D eigenvalue weighted by Gasteiger charge is -2.32. The van der Waals surface area contributed by atoms with Crippen LogP contribution in [-0.2, 0) is 19.6 Å². The highest BCUT2D eigenvalue weighted by Crippen LogP contribution is 2.28. The number of benzene rings is 1. The minimum Gasteiger partial charge on any atom is -0.336 e. The van der Waals surface area contributed by atoms with Crippen molar-refractivity contribution in [1.82, 2.24) is 9.21 Å². The first-order valence-electron chi connectivity index (χ1n) is 9.54. The third kappa shape index (κ3) is 5.24. The monoisotopic (exact) mass is 453 g/mol. The Hall–Kier alpha value is -2.30. The maximum Gasteiger partial charge on any atom is 0.252 e. The topological polar surface area (TPSA) is 86.8 Å². The van der Waals surface area contributed by atoms with E-state index < -0.39 is 27.7 Å². The predicted molar refractivity (Wildman–Crippen MR) is 113 cm³/mol. The van der Waals surface area contributed by atoms with Crippen LogP contribution >= 0.6 is 11.3 Å². The zero-order valence-corrected chi connectivity index (χ0v) is 18.4. The molecule has 1 aromatic heterocycles. The first kappa shape index (κ1) is 22.4. The van der Waals surface area contributed by atoms with Crippen molar-refractivity contribution in [2.45, 2.75) is 24.0 Å². The van der Waals surface area contributed by atoms with Crippen molar-refractivity contribution < 1.29 is 22.4 Å². The number of hydrogen-bond acceptors (Lipinski definition) is 5. The number of anilines is 1. The molecule has 10 heteroatoms. The average Bonchev–Trinajstić information content (AvgIpc) is 3.14. The summed E-state index contributed by atoms with van der Waals surface area (Å²) in [6, 6.07) is 8.84. The Morgan fingerprint density at radius 3 is 2.73 bits per heavy atom. The summed E-state index contributed by atoms with van der Waals surface area (Å²) in [6.07, 6.45) is 1.13. The van der Waals surface area contributed by atoms with Gasteiger partial charge in [-0.15, -0.1) is 11.3 Å². The van der Waals surface area contributed by atoms with Crippen molar-refractivity contribution in [2.75, 3.05) is 32.0 Å². The second-order valence-corrected chi connectivity index (χ2v) is 10.8. The smallest absolute Gasteiger partial charge is 0.252 e. The second kappa shape index (κ2) is 9.23. The molecule has 0 saturated carbocycles. The number of carbonyl (C=O) groups is 2. The van der Waals surface area contributed by atoms with E-state index in [1.165, 1.54) is 45.8 Å². The number of carbonyl (C=O) groups excluding carboxylic acids is 2. The van der Waals surface area contributed by atoms with E-state index in [1.54, 1.807) is 18.2 Å². The summed E-state index contributed by atoms with van der Waals surface area (Å²) in [6.45, 7) is 2.10. The van der Waals surface area contributed by atoms with Gasteiger partial charge < -0.3 is 10.2 Å². The number of nitrogens with one attached hydrogen (secondary N) is 1. The van der Waals surface area contributed by atoms with E-state index in [4.69, 9.17) is 0 Å². The number of halogens is 1. The minimum absolute atomic E-state index is 0.0912. The zero-order valence-electron chi connectivity index (χ0n) is 16.8. The van der Waals surface area contributed by atoms with Crippen molar-refractivity contribution in [3.05, 3.63) is 47.1 Å². The minimum atomic E-state index is -3.63. The lowest BCUT2D eigenvalue weighted by atomic mass is 9.98. The normalized spacial score (nSPS) is 17.5. The number of piperidine rings is 1. The number of hydrogen-bond donors (Lipinski definition) is 1. The fraction of sp³-hybridized carbons (Fsp3) is 0.400. The number of rotatable bonds is 6. The standard InChI is InChI=1S/C20H24FN3O4S2/c1-14-8-9-19(29-14)30(27,28)24-10-4-5-15(12-24)20(26)23(2)13-18(25)22-17-7-3-6-16(21)11-17/h3,6-9,11,15H,4-5,10,12-13H2,1-2H3,(H,22,25).